The van der Waals surface area contributed by atoms with Crippen LogP contribution >= 0.6 is 0 Å². The standard InChI is InChI=1S/C33H65NO3.ClH/c1-5-7-9-11-13-15-16-17-19-21-23-25-28-37-33(3,32-30-34(4)27-29-36-32)31(35)26-24-22-20-18-14-12-10-8-6-2;/h32H,5-30H2,1-4H3;1H. The minimum absolute atomic E-state index is 0. The minimum atomic E-state index is -0.792. The summed E-state index contributed by atoms with van der Waals surface area (Å²) < 4.78 is 12.5. The van der Waals surface area contributed by atoms with Gasteiger partial charge in [0.1, 0.15) is 19.2 Å². The predicted molar refractivity (Wildman–Crippen MR) is 159 cm³/mol. The fourth-order valence-corrected chi connectivity index (χ4v) is 5.63. The van der Waals surface area contributed by atoms with Crippen LogP contribution in [0.15, 0.2) is 0 Å². The largest absolute Gasteiger partial charge is 1.00 e. The summed E-state index contributed by atoms with van der Waals surface area (Å²) in [6, 6.07) is 0. The number of carbonyl (C=O) groups is 1. The van der Waals surface area contributed by atoms with E-state index in [1.54, 1.807) is 0 Å². The van der Waals surface area contributed by atoms with E-state index in [2.05, 4.69) is 20.9 Å². The number of unbranched alkanes of at least 4 members (excludes halogenated alkanes) is 19. The summed E-state index contributed by atoms with van der Waals surface area (Å²) in [5.74, 6) is 0.258. The lowest BCUT2D eigenvalue weighted by Gasteiger charge is -2.39. The van der Waals surface area contributed by atoms with Crippen LogP contribution in [0.1, 0.15) is 162 Å². The van der Waals surface area contributed by atoms with Crippen LogP contribution < -0.4 is 17.3 Å². The van der Waals surface area contributed by atoms with Crippen molar-refractivity contribution >= 4 is 5.78 Å². The van der Waals surface area contributed by atoms with Crippen molar-refractivity contribution in [2.45, 2.75) is 174 Å². The number of morpholine rings is 1. The summed E-state index contributed by atoms with van der Waals surface area (Å²) >= 11 is 0. The van der Waals surface area contributed by atoms with Gasteiger partial charge in [0.2, 0.25) is 0 Å². The molecule has 0 amide bonds. The molecule has 0 spiro atoms. The number of rotatable bonds is 26. The second kappa shape index (κ2) is 25.8. The summed E-state index contributed by atoms with van der Waals surface area (Å²) in [4.78, 5) is 14.9. The zero-order valence-electron chi connectivity index (χ0n) is 26.1. The number of nitrogens with one attached hydrogen (secondary N) is 1. The first kappa shape index (κ1) is 37.8. The van der Waals surface area contributed by atoms with Crippen molar-refractivity contribution in [2.75, 3.05) is 33.4 Å². The van der Waals surface area contributed by atoms with Crippen molar-refractivity contribution in [2.24, 2.45) is 0 Å². The Morgan fingerprint density at radius 3 is 1.61 bits per heavy atom. The Kier molecular flexibility index (Phi) is 25.7. The molecule has 1 N–H and O–H groups in total. The number of hydrogen-bond acceptors (Lipinski definition) is 3. The van der Waals surface area contributed by atoms with Gasteiger partial charge in [-0.3, -0.25) is 4.79 Å². The molecule has 3 atom stereocenters. The van der Waals surface area contributed by atoms with Gasteiger partial charge in [-0.2, -0.15) is 0 Å². The molecule has 0 bridgehead atoms. The first-order chi connectivity index (χ1) is 18.0. The van der Waals surface area contributed by atoms with Crippen molar-refractivity contribution in [3.63, 3.8) is 0 Å². The quantitative estimate of drug-likeness (QED) is 0.154. The van der Waals surface area contributed by atoms with Crippen LogP contribution in [0.3, 0.4) is 0 Å². The molecule has 5 heteroatoms. The van der Waals surface area contributed by atoms with Gasteiger partial charge in [-0.15, -0.1) is 0 Å². The maximum Gasteiger partial charge on any atom is 0.167 e. The smallest absolute Gasteiger partial charge is 0.167 e. The zero-order chi connectivity index (χ0) is 27.0. The Morgan fingerprint density at radius 1 is 0.737 bits per heavy atom. The Labute approximate surface area is 244 Å². The average Bonchev–Trinajstić information content (AvgIpc) is 2.90. The normalized spacial score (nSPS) is 19.2. The highest BCUT2D eigenvalue weighted by atomic mass is 35.5. The van der Waals surface area contributed by atoms with Gasteiger partial charge in [-0.1, -0.05) is 136 Å². The van der Waals surface area contributed by atoms with E-state index in [1.807, 2.05) is 6.92 Å². The topological polar surface area (TPSA) is 40.0 Å². The van der Waals surface area contributed by atoms with Crippen molar-refractivity contribution < 1.29 is 31.6 Å². The number of ketones is 1. The van der Waals surface area contributed by atoms with E-state index in [-0.39, 0.29) is 24.3 Å². The maximum absolute atomic E-state index is 13.4. The molecular formula is C33H66ClNO3. The summed E-state index contributed by atoms with van der Waals surface area (Å²) in [6.07, 6.45) is 28.0. The highest BCUT2D eigenvalue weighted by Gasteiger charge is 2.45. The molecule has 1 aliphatic heterocycles. The van der Waals surface area contributed by atoms with Crippen LogP contribution in [0.25, 0.3) is 0 Å². The number of ether oxygens (including phenoxy) is 2. The molecular weight excluding hydrogens is 494 g/mol. The SMILES string of the molecule is CCCCCCCCCCCCCCOC(C)(C(=O)CCCCCCCCCCC)C1C[NH+](C)CCO1.[Cl-]. The van der Waals surface area contributed by atoms with Crippen molar-refractivity contribution in [1.29, 1.82) is 0 Å². The first-order valence-corrected chi connectivity index (χ1v) is 16.6. The number of Topliss-reactive ketones (excluding diaryl/α,β-unsaturated/α-hetero) is 1. The lowest BCUT2D eigenvalue weighted by molar-refractivity contribution is -0.893. The van der Waals surface area contributed by atoms with Gasteiger partial charge in [-0.25, -0.2) is 0 Å². The molecule has 4 nitrogen and oxygen atoms in total. The van der Waals surface area contributed by atoms with Gasteiger partial charge >= 0.3 is 0 Å². The van der Waals surface area contributed by atoms with Gasteiger partial charge in [0.15, 0.2) is 11.4 Å². The lowest BCUT2D eigenvalue weighted by Crippen LogP contribution is -3.12. The number of carbonyl (C=O) groups excluding carboxylic acids is 1. The van der Waals surface area contributed by atoms with E-state index in [9.17, 15) is 4.79 Å². The molecule has 1 rings (SSSR count). The molecule has 38 heavy (non-hydrogen) atoms. The van der Waals surface area contributed by atoms with Gasteiger partial charge in [0, 0.05) is 13.0 Å². The third kappa shape index (κ3) is 18.2. The molecule has 0 radical (unpaired) electrons. The third-order valence-electron chi connectivity index (χ3n) is 8.46. The van der Waals surface area contributed by atoms with Crippen molar-refractivity contribution in [3.8, 4) is 0 Å². The third-order valence-corrected chi connectivity index (χ3v) is 8.46. The molecule has 0 aromatic heterocycles. The predicted octanol–water partition coefficient (Wildman–Crippen LogP) is 4.87. The van der Waals surface area contributed by atoms with Crippen molar-refractivity contribution in [3.05, 3.63) is 0 Å². The molecule has 1 saturated heterocycles. The van der Waals surface area contributed by atoms with Crippen LogP contribution in [-0.2, 0) is 14.3 Å². The van der Waals surface area contributed by atoms with E-state index in [1.165, 1.54) is 120 Å². The van der Waals surface area contributed by atoms with E-state index < -0.39 is 5.60 Å². The van der Waals surface area contributed by atoms with Gasteiger partial charge < -0.3 is 26.8 Å². The molecule has 0 aromatic carbocycles. The second-order valence-electron chi connectivity index (χ2n) is 12.1. The fourth-order valence-electron chi connectivity index (χ4n) is 5.63. The van der Waals surface area contributed by atoms with Crippen molar-refractivity contribution in [1.82, 2.24) is 0 Å². The van der Waals surface area contributed by atoms with E-state index in [0.717, 1.165) is 39.0 Å². The zero-order valence-corrected chi connectivity index (χ0v) is 26.8. The number of hydrogen-bond donors (Lipinski definition) is 1. The molecule has 0 aliphatic carbocycles. The molecule has 1 aliphatic rings. The van der Waals surface area contributed by atoms with Gasteiger partial charge in [0.25, 0.3) is 0 Å². The Balaban J connectivity index is 0.0000137. The van der Waals surface area contributed by atoms with E-state index in [0.29, 0.717) is 13.0 Å². The molecule has 1 fully saturated rings. The maximum atomic E-state index is 13.4. The number of quaternary nitrogens is 1. The lowest BCUT2D eigenvalue weighted by atomic mass is 9.88. The van der Waals surface area contributed by atoms with Crippen LogP contribution in [0.2, 0.25) is 0 Å². The summed E-state index contributed by atoms with van der Waals surface area (Å²) in [5.41, 5.74) is -0.792. The Morgan fingerprint density at radius 2 is 1.16 bits per heavy atom. The molecule has 0 aromatic rings. The highest BCUT2D eigenvalue weighted by Crippen LogP contribution is 2.25. The summed E-state index contributed by atoms with van der Waals surface area (Å²) in [5, 5.41) is 0. The van der Waals surface area contributed by atoms with Crippen LogP contribution in [-0.4, -0.2) is 50.8 Å². The number of halogens is 1. The van der Waals surface area contributed by atoms with Gasteiger partial charge in [0.05, 0.1) is 13.7 Å². The molecule has 228 valence electrons. The summed E-state index contributed by atoms with van der Waals surface area (Å²) in [7, 11) is 2.20. The fraction of sp³-hybridized carbons (Fsp3) is 0.970. The average molecular weight is 560 g/mol. The molecule has 1 heterocycles. The second-order valence-corrected chi connectivity index (χ2v) is 12.1. The van der Waals surface area contributed by atoms with Crippen LogP contribution in [0.4, 0.5) is 0 Å². The highest BCUT2D eigenvalue weighted by molar-refractivity contribution is 5.87. The summed E-state index contributed by atoms with van der Waals surface area (Å²) in [6.45, 7) is 9.84. The van der Waals surface area contributed by atoms with Gasteiger partial charge in [-0.05, 0) is 19.8 Å². The minimum Gasteiger partial charge on any atom is -1.00 e. The van der Waals surface area contributed by atoms with E-state index in [4.69, 9.17) is 9.47 Å². The Hall–Kier alpha value is -0.160. The van der Waals surface area contributed by atoms with Crippen LogP contribution in [0, 0.1) is 0 Å². The molecule has 3 unspecified atom stereocenters. The Bertz CT molecular complexity index is 532. The monoisotopic (exact) mass is 559 g/mol. The van der Waals surface area contributed by atoms with E-state index >= 15 is 0 Å². The first-order valence-electron chi connectivity index (χ1n) is 16.6. The number of likely N-dealkylation sites (N-methyl/N-ethyl adjacent to an activating group) is 1. The molecule has 0 saturated carbocycles. The van der Waals surface area contributed by atoms with Crippen LogP contribution in [0.5, 0.6) is 0 Å².